The van der Waals surface area contributed by atoms with Crippen molar-refractivity contribution in [2.45, 2.75) is 24.4 Å². The maximum atomic E-state index is 13.1. The molecule has 1 aromatic rings. The van der Waals surface area contributed by atoms with Gasteiger partial charge in [0.25, 0.3) is 0 Å². The number of amides is 4. The van der Waals surface area contributed by atoms with Crippen molar-refractivity contribution in [3.05, 3.63) is 42.5 Å². The molecule has 0 saturated carbocycles. The molecule has 27 heavy (non-hydrogen) atoms. The van der Waals surface area contributed by atoms with Gasteiger partial charge in [-0.3, -0.25) is 29.4 Å². The van der Waals surface area contributed by atoms with E-state index < -0.39 is 35.2 Å². The minimum atomic E-state index is -1.33. The molecule has 2 saturated heterocycles. The van der Waals surface area contributed by atoms with E-state index in [0.29, 0.717) is 11.3 Å². The smallest absolute Gasteiger partial charge is 0.250 e. The van der Waals surface area contributed by atoms with Gasteiger partial charge >= 0.3 is 0 Å². The number of rotatable bonds is 5. The van der Waals surface area contributed by atoms with Gasteiger partial charge in [0.05, 0.1) is 11.8 Å². The Hall–Kier alpha value is -3.00. The minimum absolute atomic E-state index is 0.0587. The molecule has 0 unspecified atom stereocenters. The van der Waals surface area contributed by atoms with E-state index >= 15 is 0 Å². The van der Waals surface area contributed by atoms with Crippen LogP contribution in [0.5, 0.6) is 0 Å². The van der Waals surface area contributed by atoms with Gasteiger partial charge in [0.15, 0.2) is 0 Å². The van der Waals surface area contributed by atoms with E-state index in [4.69, 9.17) is 5.73 Å². The third-order valence-electron chi connectivity index (χ3n) is 5.73. The number of carbonyl (C=O) groups is 4. The Morgan fingerprint density at radius 2 is 2.00 bits per heavy atom. The van der Waals surface area contributed by atoms with Crippen LogP contribution in [0, 0.1) is 11.8 Å². The van der Waals surface area contributed by atoms with Gasteiger partial charge in [-0.15, -0.1) is 6.58 Å². The van der Waals surface area contributed by atoms with Crippen LogP contribution in [0.1, 0.15) is 18.4 Å². The molecule has 2 fully saturated rings. The zero-order valence-electron chi connectivity index (χ0n) is 14.6. The average Bonchev–Trinajstić information content (AvgIpc) is 3.21. The number of nitrogens with zero attached hydrogens (tertiary/aromatic N) is 1. The van der Waals surface area contributed by atoms with E-state index in [1.165, 1.54) is 6.08 Å². The van der Waals surface area contributed by atoms with Crippen molar-refractivity contribution < 1.29 is 19.2 Å². The molecule has 4 amide bonds. The fraction of sp³-hybridized carbons (Fsp3) is 0.368. The van der Waals surface area contributed by atoms with E-state index in [2.05, 4.69) is 17.2 Å². The monoisotopic (exact) mass is 368 g/mol. The van der Waals surface area contributed by atoms with Crippen LogP contribution in [0.3, 0.4) is 0 Å². The van der Waals surface area contributed by atoms with Gasteiger partial charge in [-0.25, -0.2) is 0 Å². The number of carbonyl (C=O) groups excluding carboxylic acids is 4. The predicted octanol–water partition coefficient (Wildman–Crippen LogP) is -0.141. The third kappa shape index (κ3) is 2.26. The Kier molecular flexibility index (Phi) is 3.88. The molecular weight excluding hydrogens is 348 g/mol. The predicted molar refractivity (Wildman–Crippen MR) is 96.0 cm³/mol. The van der Waals surface area contributed by atoms with Gasteiger partial charge in [-0.2, -0.15) is 0 Å². The van der Waals surface area contributed by atoms with Gasteiger partial charge in [0.2, 0.25) is 23.6 Å². The van der Waals surface area contributed by atoms with Crippen LogP contribution in [0.25, 0.3) is 0 Å². The third-order valence-corrected chi connectivity index (χ3v) is 5.73. The lowest BCUT2D eigenvalue weighted by Gasteiger charge is -2.29. The summed E-state index contributed by atoms with van der Waals surface area (Å²) in [6.07, 6.45) is 1.82. The molecule has 1 spiro atoms. The van der Waals surface area contributed by atoms with E-state index in [9.17, 15) is 19.2 Å². The van der Waals surface area contributed by atoms with Crippen molar-refractivity contribution in [1.82, 2.24) is 10.2 Å². The molecule has 4 rings (SSSR count). The Labute approximate surface area is 155 Å². The lowest BCUT2D eigenvalue weighted by atomic mass is 9.76. The summed E-state index contributed by atoms with van der Waals surface area (Å²) in [6.45, 7) is 3.69. The van der Waals surface area contributed by atoms with Crippen molar-refractivity contribution in [1.29, 1.82) is 0 Å². The molecule has 4 N–H and O–H groups in total. The fourth-order valence-corrected chi connectivity index (χ4v) is 4.67. The van der Waals surface area contributed by atoms with Crippen molar-refractivity contribution >= 4 is 29.3 Å². The normalized spacial score (nSPS) is 31.2. The van der Waals surface area contributed by atoms with Gasteiger partial charge in [0, 0.05) is 30.3 Å². The van der Waals surface area contributed by atoms with Crippen LogP contribution in [-0.2, 0) is 24.7 Å². The Morgan fingerprint density at radius 3 is 2.70 bits per heavy atom. The maximum Gasteiger partial charge on any atom is 0.250 e. The summed E-state index contributed by atoms with van der Waals surface area (Å²) in [7, 11) is 0. The van der Waals surface area contributed by atoms with Crippen LogP contribution < -0.4 is 16.4 Å². The summed E-state index contributed by atoms with van der Waals surface area (Å²) in [6, 6.07) is 6.61. The summed E-state index contributed by atoms with van der Waals surface area (Å²) >= 11 is 0. The molecule has 3 aliphatic heterocycles. The van der Waals surface area contributed by atoms with Crippen LogP contribution in [0.4, 0.5) is 5.69 Å². The SMILES string of the molecule is C=CCN1C(=O)[C@@H]2[C@@H](C1=O)[C@@]1(N[C@@H]2CCC(N)=O)C(=O)Nc2ccccc21. The Balaban J connectivity index is 1.83. The summed E-state index contributed by atoms with van der Waals surface area (Å²) in [4.78, 5) is 51.6. The molecule has 8 nitrogen and oxygen atoms in total. The topological polar surface area (TPSA) is 122 Å². The van der Waals surface area contributed by atoms with E-state index in [1.807, 2.05) is 0 Å². The first-order valence-electron chi connectivity index (χ1n) is 8.85. The highest BCUT2D eigenvalue weighted by atomic mass is 16.2. The van der Waals surface area contributed by atoms with E-state index in [1.54, 1.807) is 24.3 Å². The number of nitrogens with one attached hydrogen (secondary N) is 2. The first-order valence-corrected chi connectivity index (χ1v) is 8.85. The molecule has 1 aromatic carbocycles. The fourth-order valence-electron chi connectivity index (χ4n) is 4.67. The number of primary amides is 1. The molecule has 0 radical (unpaired) electrons. The first-order chi connectivity index (χ1) is 12.9. The highest BCUT2D eigenvalue weighted by Crippen LogP contribution is 2.53. The highest BCUT2D eigenvalue weighted by molar-refractivity contribution is 6.15. The second-order valence-corrected chi connectivity index (χ2v) is 7.14. The molecule has 8 heteroatoms. The zero-order valence-corrected chi connectivity index (χ0v) is 14.6. The largest absolute Gasteiger partial charge is 0.370 e. The lowest BCUT2D eigenvalue weighted by Crippen LogP contribution is -2.53. The van der Waals surface area contributed by atoms with Gasteiger partial charge < -0.3 is 11.1 Å². The summed E-state index contributed by atoms with van der Waals surface area (Å²) in [5, 5.41) is 6.05. The molecule has 3 aliphatic rings. The molecule has 4 atom stereocenters. The van der Waals surface area contributed by atoms with E-state index in [0.717, 1.165) is 4.90 Å². The molecule has 0 aromatic heterocycles. The van der Waals surface area contributed by atoms with Crippen molar-refractivity contribution in [3.63, 3.8) is 0 Å². The number of imide groups is 1. The van der Waals surface area contributed by atoms with Crippen LogP contribution >= 0.6 is 0 Å². The van der Waals surface area contributed by atoms with Crippen molar-refractivity contribution in [3.8, 4) is 0 Å². The number of hydrogen-bond donors (Lipinski definition) is 3. The molecule has 0 bridgehead atoms. The van der Waals surface area contributed by atoms with Gasteiger partial charge in [0.1, 0.15) is 5.54 Å². The Morgan fingerprint density at radius 1 is 1.26 bits per heavy atom. The quantitative estimate of drug-likeness (QED) is 0.493. The number of anilines is 1. The first kappa shape index (κ1) is 17.4. The zero-order chi connectivity index (χ0) is 19.3. The van der Waals surface area contributed by atoms with Crippen molar-refractivity contribution in [2.75, 3.05) is 11.9 Å². The van der Waals surface area contributed by atoms with Crippen LogP contribution in [-0.4, -0.2) is 41.1 Å². The second-order valence-electron chi connectivity index (χ2n) is 7.14. The second kappa shape index (κ2) is 6.02. The average molecular weight is 368 g/mol. The number of nitrogens with two attached hydrogens (primary N) is 1. The summed E-state index contributed by atoms with van der Waals surface area (Å²) < 4.78 is 0. The summed E-state index contributed by atoms with van der Waals surface area (Å²) in [5.41, 5.74) is 5.21. The Bertz CT molecular complexity index is 882. The molecule has 3 heterocycles. The molecular formula is C19H20N4O4. The maximum absolute atomic E-state index is 13.1. The van der Waals surface area contributed by atoms with Crippen LogP contribution in [0.2, 0.25) is 0 Å². The lowest BCUT2D eigenvalue weighted by molar-refractivity contribution is -0.142. The number of fused-ring (bicyclic) bond motifs is 4. The van der Waals surface area contributed by atoms with Gasteiger partial charge in [-0.05, 0) is 12.5 Å². The number of likely N-dealkylation sites (tertiary alicyclic amines) is 1. The number of hydrogen-bond acceptors (Lipinski definition) is 5. The molecule has 0 aliphatic carbocycles. The number of para-hydroxylation sites is 1. The number of benzene rings is 1. The van der Waals surface area contributed by atoms with Crippen molar-refractivity contribution in [2.24, 2.45) is 17.6 Å². The standard InChI is InChI=1S/C19H20N4O4/c1-2-9-23-16(25)14-12(7-8-13(20)24)22-19(15(14)17(23)26)10-5-3-4-6-11(10)21-18(19)27/h2-6,12,14-15,22H,1,7-9H2,(H2,20,24)(H,21,27)/t12-,14+,15+,19-/m1/s1. The van der Waals surface area contributed by atoms with E-state index in [-0.39, 0.29) is 31.2 Å². The molecule has 140 valence electrons. The summed E-state index contributed by atoms with van der Waals surface area (Å²) in [5.74, 6) is -3.20. The van der Waals surface area contributed by atoms with Gasteiger partial charge in [-0.1, -0.05) is 24.3 Å². The highest BCUT2D eigenvalue weighted by Gasteiger charge is 2.70. The van der Waals surface area contributed by atoms with Crippen LogP contribution in [0.15, 0.2) is 36.9 Å². The minimum Gasteiger partial charge on any atom is -0.370 e.